The number of allylic oxidation sites excluding steroid dienone is 3. The first-order chi connectivity index (χ1) is 15.5. The summed E-state index contributed by atoms with van der Waals surface area (Å²) in [5.74, 6) is 8.88. The van der Waals surface area contributed by atoms with Crippen LogP contribution in [0, 0.1) is 24.2 Å². The van der Waals surface area contributed by atoms with Crippen LogP contribution in [0.5, 0.6) is 0 Å². The van der Waals surface area contributed by atoms with E-state index in [9.17, 15) is 4.79 Å². The number of ether oxygens (including phenoxy) is 1. The predicted molar refractivity (Wildman–Crippen MR) is 150 cm³/mol. The fraction of sp³-hybridized carbons (Fsp3) is 0.679. The van der Waals surface area contributed by atoms with E-state index < -0.39 is 16.6 Å². The second-order valence-corrected chi connectivity index (χ2v) is 21.2. The van der Waals surface area contributed by atoms with Crippen molar-refractivity contribution in [3.05, 3.63) is 24.3 Å². The van der Waals surface area contributed by atoms with E-state index in [1.54, 1.807) is 0 Å². The highest BCUT2D eigenvalue weighted by molar-refractivity contribution is 6.74. The molecule has 0 rings (SSSR count). The molecule has 6 heteroatoms. The SMILES string of the molecule is C#CCC(C=CC=CC#C[C@H](CCCC(=O)OC)O[Si](C)(C)C(C)(C)C)O[Si](C)(C)C(C)(C)C. The average Bonchev–Trinajstić information content (AvgIpc) is 2.67. The molecule has 1 unspecified atom stereocenters. The third-order valence-corrected chi connectivity index (χ3v) is 15.7. The van der Waals surface area contributed by atoms with Gasteiger partial charge in [-0.2, -0.15) is 0 Å². The van der Waals surface area contributed by atoms with Crippen LogP contribution in [0.15, 0.2) is 24.3 Å². The summed E-state index contributed by atoms with van der Waals surface area (Å²) in [6.45, 7) is 22.2. The van der Waals surface area contributed by atoms with Crippen molar-refractivity contribution in [3.63, 3.8) is 0 Å². The van der Waals surface area contributed by atoms with Crippen LogP contribution in [-0.4, -0.2) is 41.9 Å². The van der Waals surface area contributed by atoms with Crippen LogP contribution in [0.3, 0.4) is 0 Å². The molecule has 4 nitrogen and oxygen atoms in total. The number of carbonyl (C=O) groups excluding carboxylic acids is 1. The summed E-state index contributed by atoms with van der Waals surface area (Å²) in [5, 5.41) is 0.214. The van der Waals surface area contributed by atoms with Gasteiger partial charge in [-0.3, -0.25) is 4.79 Å². The van der Waals surface area contributed by atoms with Crippen LogP contribution < -0.4 is 0 Å². The van der Waals surface area contributed by atoms with Crippen LogP contribution >= 0.6 is 0 Å². The standard InChI is InChI=1S/C28H48O4Si2/c1-13-19-24(31-33(9,10)27(2,3)4)20-16-14-15-17-21-25(22-18-23-26(29)30-8)32-34(11,12)28(5,6)7/h1,14-16,20,24-25H,18-19,22-23H2,2-12H3/t24?,25-/m1/s1. The molecule has 192 valence electrons. The second-order valence-electron chi connectivity index (χ2n) is 11.7. The molecule has 0 aromatic carbocycles. The van der Waals surface area contributed by atoms with Gasteiger partial charge in [0.2, 0.25) is 0 Å². The predicted octanol–water partition coefficient (Wildman–Crippen LogP) is 7.25. The minimum Gasteiger partial charge on any atom is -0.469 e. The monoisotopic (exact) mass is 504 g/mol. The van der Waals surface area contributed by atoms with Crippen LogP contribution in [0.25, 0.3) is 0 Å². The van der Waals surface area contributed by atoms with E-state index in [0.717, 1.165) is 0 Å². The third-order valence-electron chi connectivity index (χ3n) is 6.75. The van der Waals surface area contributed by atoms with Crippen molar-refractivity contribution < 1.29 is 18.4 Å². The minimum absolute atomic E-state index is 0.0873. The molecule has 0 aromatic rings. The van der Waals surface area contributed by atoms with E-state index in [1.807, 2.05) is 24.3 Å². The third kappa shape index (κ3) is 12.2. The van der Waals surface area contributed by atoms with Gasteiger partial charge in [-0.25, -0.2) is 0 Å². The summed E-state index contributed by atoms with van der Waals surface area (Å²) in [5.41, 5.74) is 0. The molecule has 0 aliphatic carbocycles. The molecule has 2 atom stereocenters. The Kier molecular flexibility index (Phi) is 13.4. The molecule has 0 fully saturated rings. The fourth-order valence-electron chi connectivity index (χ4n) is 2.48. The first kappa shape index (κ1) is 32.4. The lowest BCUT2D eigenvalue weighted by molar-refractivity contribution is -0.140. The molecule has 34 heavy (non-hydrogen) atoms. The first-order valence-electron chi connectivity index (χ1n) is 12.2. The lowest BCUT2D eigenvalue weighted by Gasteiger charge is -2.38. The maximum atomic E-state index is 11.5. The molecule has 0 aliphatic rings. The van der Waals surface area contributed by atoms with Crippen molar-refractivity contribution in [1.82, 2.24) is 0 Å². The van der Waals surface area contributed by atoms with Crippen molar-refractivity contribution in [1.29, 1.82) is 0 Å². The minimum atomic E-state index is -1.98. The summed E-state index contributed by atoms with van der Waals surface area (Å²) in [7, 11) is -2.47. The highest BCUT2D eigenvalue weighted by Crippen LogP contribution is 2.38. The fourth-order valence-corrected chi connectivity index (χ4v) is 4.99. The van der Waals surface area contributed by atoms with Gasteiger partial charge < -0.3 is 13.6 Å². The van der Waals surface area contributed by atoms with E-state index in [2.05, 4.69) is 85.5 Å². The number of esters is 1. The van der Waals surface area contributed by atoms with E-state index in [1.165, 1.54) is 7.11 Å². The largest absolute Gasteiger partial charge is 0.469 e. The Morgan fingerprint density at radius 1 is 0.971 bits per heavy atom. The number of rotatable bonds is 11. The molecule has 0 amide bonds. The Morgan fingerprint density at radius 3 is 2.03 bits per heavy atom. The van der Waals surface area contributed by atoms with Gasteiger partial charge in [0.15, 0.2) is 16.6 Å². The van der Waals surface area contributed by atoms with Gasteiger partial charge in [0.05, 0.1) is 13.2 Å². The van der Waals surface area contributed by atoms with Crippen molar-refractivity contribution in [2.45, 2.75) is 116 Å². The van der Waals surface area contributed by atoms with Gasteiger partial charge in [0.25, 0.3) is 0 Å². The van der Waals surface area contributed by atoms with Crippen molar-refractivity contribution in [2.75, 3.05) is 7.11 Å². The Labute approximate surface area is 212 Å². The van der Waals surface area contributed by atoms with E-state index in [4.69, 9.17) is 20.0 Å². The first-order valence-corrected chi connectivity index (χ1v) is 18.0. The molecular weight excluding hydrogens is 456 g/mol. The molecule has 0 aliphatic heterocycles. The topological polar surface area (TPSA) is 44.8 Å². The quantitative estimate of drug-likeness (QED) is 0.129. The number of hydrogen-bond acceptors (Lipinski definition) is 4. The highest BCUT2D eigenvalue weighted by atomic mass is 28.4. The number of terminal acetylenes is 1. The van der Waals surface area contributed by atoms with Crippen LogP contribution in [0.4, 0.5) is 0 Å². The molecule has 0 bridgehead atoms. The summed E-state index contributed by atoms with van der Waals surface area (Å²) < 4.78 is 17.7. The zero-order valence-corrected chi connectivity index (χ0v) is 25.5. The van der Waals surface area contributed by atoms with Gasteiger partial charge >= 0.3 is 5.97 Å². The maximum Gasteiger partial charge on any atom is 0.305 e. The zero-order chi connectivity index (χ0) is 26.6. The summed E-state index contributed by atoms with van der Waals surface area (Å²) >= 11 is 0. The van der Waals surface area contributed by atoms with Crippen LogP contribution in [-0.2, 0) is 18.4 Å². The second kappa shape index (κ2) is 14.1. The van der Waals surface area contributed by atoms with Crippen molar-refractivity contribution in [2.24, 2.45) is 0 Å². The number of methoxy groups -OCH3 is 1. The van der Waals surface area contributed by atoms with E-state index in [0.29, 0.717) is 25.7 Å². The Bertz CT molecular complexity index is 793. The van der Waals surface area contributed by atoms with Gasteiger partial charge in [0.1, 0.15) is 6.10 Å². The summed E-state index contributed by atoms with van der Waals surface area (Å²) in [4.78, 5) is 11.5. The molecular formula is C28H48O4Si2. The smallest absolute Gasteiger partial charge is 0.305 e. The van der Waals surface area contributed by atoms with Crippen LogP contribution in [0.1, 0.15) is 67.2 Å². The van der Waals surface area contributed by atoms with Gasteiger partial charge in [0, 0.05) is 12.8 Å². The zero-order valence-electron chi connectivity index (χ0n) is 23.5. The molecule has 0 N–H and O–H groups in total. The van der Waals surface area contributed by atoms with Gasteiger partial charge in [-0.15, -0.1) is 12.3 Å². The van der Waals surface area contributed by atoms with E-state index >= 15 is 0 Å². The molecule has 0 saturated carbocycles. The van der Waals surface area contributed by atoms with Crippen molar-refractivity contribution in [3.8, 4) is 24.2 Å². The van der Waals surface area contributed by atoms with Crippen molar-refractivity contribution >= 4 is 22.6 Å². The summed E-state index contributed by atoms with van der Waals surface area (Å²) in [6.07, 6.45) is 15.2. The number of carbonyl (C=O) groups is 1. The Hall–Kier alpha value is -1.58. The Morgan fingerprint density at radius 2 is 1.53 bits per heavy atom. The maximum absolute atomic E-state index is 11.5. The molecule has 0 radical (unpaired) electrons. The molecule has 0 heterocycles. The Balaban J connectivity index is 5.30. The highest BCUT2D eigenvalue weighted by Gasteiger charge is 2.39. The number of hydrogen-bond donors (Lipinski definition) is 0. The lowest BCUT2D eigenvalue weighted by atomic mass is 10.1. The van der Waals surface area contributed by atoms with Crippen LogP contribution in [0.2, 0.25) is 36.3 Å². The van der Waals surface area contributed by atoms with Gasteiger partial charge in [-0.05, 0) is 55.2 Å². The van der Waals surface area contributed by atoms with E-state index in [-0.39, 0.29) is 28.3 Å². The summed E-state index contributed by atoms with van der Waals surface area (Å²) in [6, 6.07) is 0. The van der Waals surface area contributed by atoms with Gasteiger partial charge in [-0.1, -0.05) is 71.6 Å². The normalized spacial score (nSPS) is 15.0. The molecule has 0 aromatic heterocycles. The average molecular weight is 505 g/mol. The molecule has 0 spiro atoms. The molecule has 0 saturated heterocycles. The lowest BCUT2D eigenvalue weighted by Crippen LogP contribution is -2.43.